The van der Waals surface area contributed by atoms with Gasteiger partial charge in [-0.15, -0.1) is 0 Å². The van der Waals surface area contributed by atoms with Crippen LogP contribution < -0.4 is 15.5 Å². The topological polar surface area (TPSA) is 79.9 Å². The fourth-order valence-electron chi connectivity index (χ4n) is 3.87. The molecule has 33 heavy (non-hydrogen) atoms. The molecule has 1 saturated heterocycles. The molecule has 1 aliphatic rings. The van der Waals surface area contributed by atoms with Crippen molar-refractivity contribution in [3.63, 3.8) is 0 Å². The molecule has 2 amide bonds. The summed E-state index contributed by atoms with van der Waals surface area (Å²) >= 11 is 0. The molecule has 0 saturated carbocycles. The molecule has 0 bridgehead atoms. The molecule has 1 aliphatic heterocycles. The van der Waals surface area contributed by atoms with Crippen LogP contribution in [0.15, 0.2) is 48.5 Å². The van der Waals surface area contributed by atoms with E-state index in [4.69, 9.17) is 9.47 Å². The Labute approximate surface area is 196 Å². The van der Waals surface area contributed by atoms with Crippen LogP contribution in [0.2, 0.25) is 0 Å². The molecule has 7 heteroatoms. The first kappa shape index (κ1) is 24.7. The van der Waals surface area contributed by atoms with E-state index in [1.165, 1.54) is 0 Å². The predicted molar refractivity (Wildman–Crippen MR) is 131 cm³/mol. The number of ether oxygens (including phenoxy) is 2. The SMILES string of the molecule is COCCCNC(=O)c1cc(NC(=O)COCc2ccccc2)ccc1N1CCC(C)CC1. The summed E-state index contributed by atoms with van der Waals surface area (Å²) in [6, 6.07) is 15.3. The van der Waals surface area contributed by atoms with Gasteiger partial charge < -0.3 is 25.0 Å². The molecule has 1 fully saturated rings. The number of anilines is 2. The van der Waals surface area contributed by atoms with Crippen molar-refractivity contribution in [2.45, 2.75) is 32.8 Å². The van der Waals surface area contributed by atoms with Crippen LogP contribution in [0.1, 0.15) is 42.1 Å². The van der Waals surface area contributed by atoms with E-state index in [1.807, 2.05) is 42.5 Å². The third-order valence-corrected chi connectivity index (χ3v) is 5.80. The van der Waals surface area contributed by atoms with Crippen LogP contribution in [0.3, 0.4) is 0 Å². The summed E-state index contributed by atoms with van der Waals surface area (Å²) in [5.41, 5.74) is 3.08. The second kappa shape index (κ2) is 13.0. The lowest BCUT2D eigenvalue weighted by Gasteiger charge is -2.33. The van der Waals surface area contributed by atoms with Crippen LogP contribution in [0.25, 0.3) is 0 Å². The zero-order valence-electron chi connectivity index (χ0n) is 19.6. The summed E-state index contributed by atoms with van der Waals surface area (Å²) in [6.07, 6.45) is 2.95. The van der Waals surface area contributed by atoms with Gasteiger partial charge in [-0.3, -0.25) is 9.59 Å². The highest BCUT2D eigenvalue weighted by atomic mass is 16.5. The predicted octanol–water partition coefficient (Wildman–Crippen LogP) is 3.84. The molecule has 1 heterocycles. The number of benzene rings is 2. The summed E-state index contributed by atoms with van der Waals surface area (Å²) in [5, 5.41) is 5.83. The van der Waals surface area contributed by atoms with Gasteiger partial charge in [0.2, 0.25) is 5.91 Å². The van der Waals surface area contributed by atoms with Crippen molar-refractivity contribution in [2.75, 3.05) is 50.2 Å². The van der Waals surface area contributed by atoms with Gasteiger partial charge in [0, 0.05) is 44.7 Å². The minimum Gasteiger partial charge on any atom is -0.385 e. The first-order valence-electron chi connectivity index (χ1n) is 11.6. The van der Waals surface area contributed by atoms with E-state index in [-0.39, 0.29) is 18.4 Å². The second-order valence-corrected chi connectivity index (χ2v) is 8.53. The van der Waals surface area contributed by atoms with E-state index < -0.39 is 0 Å². The van der Waals surface area contributed by atoms with Gasteiger partial charge in [-0.05, 0) is 48.9 Å². The lowest BCUT2D eigenvalue weighted by atomic mass is 9.97. The quantitative estimate of drug-likeness (QED) is 0.506. The number of carbonyl (C=O) groups is 2. The van der Waals surface area contributed by atoms with Crippen LogP contribution in [0.5, 0.6) is 0 Å². The van der Waals surface area contributed by atoms with Gasteiger partial charge in [-0.25, -0.2) is 0 Å². The Morgan fingerprint density at radius 3 is 2.58 bits per heavy atom. The molecule has 178 valence electrons. The Balaban J connectivity index is 1.64. The molecule has 2 N–H and O–H groups in total. The van der Waals surface area contributed by atoms with Gasteiger partial charge in [0.25, 0.3) is 5.91 Å². The average molecular weight is 454 g/mol. The molecule has 0 aliphatic carbocycles. The average Bonchev–Trinajstić information content (AvgIpc) is 2.83. The number of carbonyl (C=O) groups excluding carboxylic acids is 2. The fraction of sp³-hybridized carbons (Fsp3) is 0.462. The van der Waals surface area contributed by atoms with Gasteiger partial charge in [0.05, 0.1) is 12.2 Å². The molecule has 0 aromatic heterocycles. The van der Waals surface area contributed by atoms with Crippen molar-refractivity contribution in [3.05, 3.63) is 59.7 Å². The van der Waals surface area contributed by atoms with Crippen LogP contribution in [-0.2, 0) is 20.9 Å². The Morgan fingerprint density at radius 2 is 1.85 bits per heavy atom. The Morgan fingerprint density at radius 1 is 1.09 bits per heavy atom. The van der Waals surface area contributed by atoms with E-state index >= 15 is 0 Å². The van der Waals surface area contributed by atoms with Crippen LogP contribution >= 0.6 is 0 Å². The van der Waals surface area contributed by atoms with Crippen LogP contribution in [0, 0.1) is 5.92 Å². The largest absolute Gasteiger partial charge is 0.385 e. The van der Waals surface area contributed by atoms with Gasteiger partial charge in [0.15, 0.2) is 0 Å². The monoisotopic (exact) mass is 453 g/mol. The Hall–Kier alpha value is -2.90. The molecule has 0 spiro atoms. The van der Waals surface area contributed by atoms with Crippen molar-refractivity contribution in [1.29, 1.82) is 0 Å². The Bertz CT molecular complexity index is 896. The lowest BCUT2D eigenvalue weighted by molar-refractivity contribution is -0.121. The molecule has 7 nitrogen and oxygen atoms in total. The molecular weight excluding hydrogens is 418 g/mol. The summed E-state index contributed by atoms with van der Waals surface area (Å²) < 4.78 is 10.6. The maximum atomic E-state index is 13.0. The molecule has 0 radical (unpaired) electrons. The third kappa shape index (κ3) is 7.87. The van der Waals surface area contributed by atoms with E-state index in [2.05, 4.69) is 22.5 Å². The molecule has 0 unspecified atom stereocenters. The van der Waals surface area contributed by atoms with E-state index in [9.17, 15) is 9.59 Å². The van der Waals surface area contributed by atoms with Gasteiger partial charge in [0.1, 0.15) is 6.61 Å². The van der Waals surface area contributed by atoms with Crippen molar-refractivity contribution in [3.8, 4) is 0 Å². The van der Waals surface area contributed by atoms with Gasteiger partial charge in [-0.1, -0.05) is 37.3 Å². The smallest absolute Gasteiger partial charge is 0.253 e. The highest BCUT2D eigenvalue weighted by Gasteiger charge is 2.21. The van der Waals surface area contributed by atoms with Crippen molar-refractivity contribution >= 4 is 23.2 Å². The maximum absolute atomic E-state index is 13.0. The van der Waals surface area contributed by atoms with Crippen molar-refractivity contribution in [2.24, 2.45) is 5.92 Å². The second-order valence-electron chi connectivity index (χ2n) is 8.53. The minimum absolute atomic E-state index is 0.0563. The zero-order chi connectivity index (χ0) is 23.5. The molecule has 2 aromatic rings. The first-order chi connectivity index (χ1) is 16.1. The first-order valence-corrected chi connectivity index (χ1v) is 11.6. The molecule has 3 rings (SSSR count). The molecular formula is C26H35N3O4. The summed E-state index contributed by atoms with van der Waals surface area (Å²) in [7, 11) is 1.65. The van der Waals surface area contributed by atoms with Crippen molar-refractivity contribution < 1.29 is 19.1 Å². The summed E-state index contributed by atoms with van der Waals surface area (Å²) in [6.45, 7) is 5.55. The number of piperidine rings is 1. The van der Waals surface area contributed by atoms with Gasteiger partial charge in [-0.2, -0.15) is 0 Å². The van der Waals surface area contributed by atoms with Crippen LogP contribution in [0.4, 0.5) is 11.4 Å². The summed E-state index contributed by atoms with van der Waals surface area (Å²) in [5.74, 6) is 0.301. The molecule has 2 aromatic carbocycles. The lowest BCUT2D eigenvalue weighted by Crippen LogP contribution is -2.35. The zero-order valence-corrected chi connectivity index (χ0v) is 19.6. The number of nitrogens with one attached hydrogen (secondary N) is 2. The van der Waals surface area contributed by atoms with Crippen molar-refractivity contribution in [1.82, 2.24) is 5.32 Å². The van der Waals surface area contributed by atoms with Gasteiger partial charge >= 0.3 is 0 Å². The standard InChI is InChI=1S/C26H35N3O4/c1-20-11-14-29(15-12-20)24-10-9-22(17-23(24)26(31)27-13-6-16-32-2)28-25(30)19-33-18-21-7-4-3-5-8-21/h3-5,7-10,17,20H,6,11-16,18-19H2,1-2H3,(H,27,31)(H,28,30). The molecule has 0 atom stereocenters. The fourth-order valence-corrected chi connectivity index (χ4v) is 3.87. The van der Waals surface area contributed by atoms with E-state index in [0.717, 1.165) is 43.6 Å². The number of amides is 2. The van der Waals surface area contributed by atoms with Crippen LogP contribution in [-0.4, -0.2) is 51.8 Å². The number of rotatable bonds is 11. The number of nitrogens with zero attached hydrogens (tertiary/aromatic N) is 1. The number of hydrogen-bond donors (Lipinski definition) is 2. The highest BCUT2D eigenvalue weighted by molar-refractivity contribution is 6.02. The number of hydrogen-bond acceptors (Lipinski definition) is 5. The van der Waals surface area contributed by atoms with E-state index in [0.29, 0.717) is 36.9 Å². The number of methoxy groups -OCH3 is 1. The minimum atomic E-state index is -0.253. The summed E-state index contributed by atoms with van der Waals surface area (Å²) in [4.78, 5) is 27.6. The maximum Gasteiger partial charge on any atom is 0.253 e. The van der Waals surface area contributed by atoms with E-state index in [1.54, 1.807) is 13.2 Å². The normalized spacial score (nSPS) is 14.2. The Kier molecular flexibility index (Phi) is 9.72. The highest BCUT2D eigenvalue weighted by Crippen LogP contribution is 2.28. The third-order valence-electron chi connectivity index (χ3n) is 5.80.